The Kier molecular flexibility index (Phi) is 3.75. The molecule has 1 saturated heterocycles. The molecular formula is C14H21N3O. The quantitative estimate of drug-likeness (QED) is 0.779. The van der Waals surface area contributed by atoms with Gasteiger partial charge in [0, 0.05) is 31.5 Å². The van der Waals surface area contributed by atoms with Crippen molar-refractivity contribution in [2.24, 2.45) is 5.92 Å². The van der Waals surface area contributed by atoms with Gasteiger partial charge >= 0.3 is 0 Å². The summed E-state index contributed by atoms with van der Waals surface area (Å²) in [5, 5.41) is 2.74. The fourth-order valence-electron chi connectivity index (χ4n) is 2.60. The molecule has 3 N–H and O–H groups in total. The molecule has 1 amide bonds. The number of benzene rings is 1. The molecule has 0 spiro atoms. The van der Waals surface area contributed by atoms with Gasteiger partial charge in [0.25, 0.3) is 0 Å². The molecule has 1 fully saturated rings. The normalized spacial score (nSPS) is 19.7. The summed E-state index contributed by atoms with van der Waals surface area (Å²) >= 11 is 0. The first-order valence-corrected chi connectivity index (χ1v) is 6.44. The molecule has 18 heavy (non-hydrogen) atoms. The lowest BCUT2D eigenvalue weighted by Gasteiger charge is -2.33. The molecule has 1 atom stereocenters. The number of piperidine rings is 1. The third-order valence-electron chi connectivity index (χ3n) is 3.49. The van der Waals surface area contributed by atoms with Crippen LogP contribution in [-0.2, 0) is 4.79 Å². The average molecular weight is 247 g/mol. The molecule has 1 aromatic carbocycles. The molecule has 1 heterocycles. The van der Waals surface area contributed by atoms with E-state index in [1.54, 1.807) is 7.05 Å². The predicted octanol–water partition coefficient (Wildman–Crippen LogP) is 1.54. The maximum atomic E-state index is 11.7. The predicted molar refractivity (Wildman–Crippen MR) is 74.6 cm³/mol. The molecule has 1 unspecified atom stereocenters. The number of nitrogen functional groups attached to an aromatic ring is 1. The Balaban J connectivity index is 2.15. The lowest BCUT2D eigenvalue weighted by molar-refractivity contribution is -0.124. The molecule has 4 nitrogen and oxygen atoms in total. The van der Waals surface area contributed by atoms with Gasteiger partial charge in [-0.25, -0.2) is 0 Å². The molecule has 1 aromatic rings. The molecule has 0 saturated carbocycles. The summed E-state index contributed by atoms with van der Waals surface area (Å²) in [5.74, 6) is 0.228. The zero-order valence-corrected chi connectivity index (χ0v) is 11.1. The van der Waals surface area contributed by atoms with Crippen LogP contribution < -0.4 is 16.0 Å². The van der Waals surface area contributed by atoms with Gasteiger partial charge in [0.1, 0.15) is 0 Å². The number of carbonyl (C=O) groups is 1. The van der Waals surface area contributed by atoms with Crippen LogP contribution in [0.25, 0.3) is 0 Å². The summed E-state index contributed by atoms with van der Waals surface area (Å²) in [7, 11) is 1.70. The Bertz CT molecular complexity index is 424. The Labute approximate surface area is 108 Å². The van der Waals surface area contributed by atoms with Crippen LogP contribution in [0.15, 0.2) is 18.2 Å². The molecule has 1 aliphatic rings. The minimum Gasteiger partial charge on any atom is -0.399 e. The van der Waals surface area contributed by atoms with Gasteiger partial charge in [-0.15, -0.1) is 0 Å². The Morgan fingerprint density at radius 2 is 2.22 bits per heavy atom. The second-order valence-corrected chi connectivity index (χ2v) is 5.00. The number of rotatable bonds is 2. The first kappa shape index (κ1) is 12.7. The minimum atomic E-state index is 0.0884. The maximum Gasteiger partial charge on any atom is 0.224 e. The van der Waals surface area contributed by atoms with Gasteiger partial charge in [-0.2, -0.15) is 0 Å². The Morgan fingerprint density at radius 1 is 1.44 bits per heavy atom. The highest BCUT2D eigenvalue weighted by Gasteiger charge is 2.25. The lowest BCUT2D eigenvalue weighted by atomic mass is 9.96. The number of hydrogen-bond donors (Lipinski definition) is 2. The zero-order valence-electron chi connectivity index (χ0n) is 11.1. The number of nitrogens with one attached hydrogen (secondary N) is 1. The van der Waals surface area contributed by atoms with Crippen LogP contribution in [0.2, 0.25) is 0 Å². The minimum absolute atomic E-state index is 0.0884. The van der Waals surface area contributed by atoms with E-state index in [0.29, 0.717) is 0 Å². The lowest BCUT2D eigenvalue weighted by Crippen LogP contribution is -2.42. The van der Waals surface area contributed by atoms with E-state index in [2.05, 4.69) is 16.3 Å². The molecule has 0 bridgehead atoms. The number of nitrogens with zero attached hydrogens (tertiary/aromatic N) is 1. The maximum absolute atomic E-state index is 11.7. The summed E-state index contributed by atoms with van der Waals surface area (Å²) in [6.45, 7) is 3.82. The summed E-state index contributed by atoms with van der Waals surface area (Å²) in [4.78, 5) is 14.0. The largest absolute Gasteiger partial charge is 0.399 e. The molecule has 0 aliphatic carbocycles. The smallest absolute Gasteiger partial charge is 0.224 e. The highest BCUT2D eigenvalue weighted by molar-refractivity contribution is 5.79. The molecule has 98 valence electrons. The van der Waals surface area contributed by atoms with Gasteiger partial charge < -0.3 is 16.0 Å². The van der Waals surface area contributed by atoms with Crippen LogP contribution >= 0.6 is 0 Å². The third-order valence-corrected chi connectivity index (χ3v) is 3.49. The van der Waals surface area contributed by atoms with Gasteiger partial charge in [0.2, 0.25) is 5.91 Å². The number of carbonyl (C=O) groups excluding carboxylic acids is 1. The van der Waals surface area contributed by atoms with E-state index in [0.717, 1.165) is 42.9 Å². The number of aryl methyl sites for hydroxylation is 1. The Morgan fingerprint density at radius 3 is 2.89 bits per heavy atom. The van der Waals surface area contributed by atoms with Gasteiger partial charge in [0.05, 0.1) is 5.92 Å². The monoisotopic (exact) mass is 247 g/mol. The second kappa shape index (κ2) is 5.29. The number of amides is 1. The van der Waals surface area contributed by atoms with Gasteiger partial charge in [-0.05, 0) is 43.5 Å². The van der Waals surface area contributed by atoms with E-state index in [1.807, 2.05) is 19.1 Å². The fourth-order valence-corrected chi connectivity index (χ4v) is 2.60. The van der Waals surface area contributed by atoms with Crippen LogP contribution in [0.4, 0.5) is 11.4 Å². The fraction of sp³-hybridized carbons (Fsp3) is 0.500. The van der Waals surface area contributed by atoms with Crippen molar-refractivity contribution >= 4 is 17.3 Å². The third kappa shape index (κ3) is 2.75. The van der Waals surface area contributed by atoms with Crippen LogP contribution in [-0.4, -0.2) is 26.0 Å². The zero-order chi connectivity index (χ0) is 13.1. The van der Waals surface area contributed by atoms with Gasteiger partial charge in [-0.1, -0.05) is 0 Å². The van der Waals surface area contributed by atoms with E-state index in [9.17, 15) is 4.79 Å². The van der Waals surface area contributed by atoms with Crippen molar-refractivity contribution < 1.29 is 4.79 Å². The van der Waals surface area contributed by atoms with Crippen molar-refractivity contribution in [3.8, 4) is 0 Å². The molecular weight excluding hydrogens is 226 g/mol. The summed E-state index contributed by atoms with van der Waals surface area (Å²) in [6.07, 6.45) is 2.02. The number of hydrogen-bond acceptors (Lipinski definition) is 3. The molecule has 0 radical (unpaired) electrons. The molecule has 0 aromatic heterocycles. The van der Waals surface area contributed by atoms with E-state index in [-0.39, 0.29) is 11.8 Å². The van der Waals surface area contributed by atoms with Crippen molar-refractivity contribution in [3.63, 3.8) is 0 Å². The Hall–Kier alpha value is -1.71. The number of nitrogens with two attached hydrogens (primary N) is 1. The van der Waals surface area contributed by atoms with Crippen molar-refractivity contribution in [1.82, 2.24) is 5.32 Å². The first-order valence-electron chi connectivity index (χ1n) is 6.44. The van der Waals surface area contributed by atoms with E-state index < -0.39 is 0 Å². The standard InChI is InChI=1S/C14H21N3O/c1-10-6-12(15)8-13(7-10)17-5-3-4-11(9-17)14(18)16-2/h6-8,11H,3-5,9,15H2,1-2H3,(H,16,18). The summed E-state index contributed by atoms with van der Waals surface area (Å²) in [6, 6.07) is 6.07. The van der Waals surface area contributed by atoms with Crippen molar-refractivity contribution in [2.45, 2.75) is 19.8 Å². The molecule has 1 aliphatic heterocycles. The van der Waals surface area contributed by atoms with Crippen molar-refractivity contribution in [3.05, 3.63) is 23.8 Å². The highest BCUT2D eigenvalue weighted by Crippen LogP contribution is 2.26. The van der Waals surface area contributed by atoms with Crippen LogP contribution in [0, 0.1) is 12.8 Å². The molecule has 4 heteroatoms. The number of anilines is 2. The summed E-state index contributed by atoms with van der Waals surface area (Å²) in [5.41, 5.74) is 8.95. The van der Waals surface area contributed by atoms with Crippen molar-refractivity contribution in [2.75, 3.05) is 30.8 Å². The highest BCUT2D eigenvalue weighted by atomic mass is 16.1. The van der Waals surface area contributed by atoms with Gasteiger partial charge in [-0.3, -0.25) is 4.79 Å². The molecule has 2 rings (SSSR count). The van der Waals surface area contributed by atoms with Crippen LogP contribution in [0.5, 0.6) is 0 Å². The second-order valence-electron chi connectivity index (χ2n) is 5.00. The SMILES string of the molecule is CNC(=O)C1CCCN(c2cc(C)cc(N)c2)C1. The topological polar surface area (TPSA) is 58.4 Å². The van der Waals surface area contributed by atoms with Crippen LogP contribution in [0.3, 0.4) is 0 Å². The van der Waals surface area contributed by atoms with E-state index >= 15 is 0 Å². The van der Waals surface area contributed by atoms with Crippen molar-refractivity contribution in [1.29, 1.82) is 0 Å². The average Bonchev–Trinajstić information content (AvgIpc) is 2.37. The van der Waals surface area contributed by atoms with E-state index in [1.165, 1.54) is 0 Å². The first-order chi connectivity index (χ1) is 8.60. The summed E-state index contributed by atoms with van der Waals surface area (Å²) < 4.78 is 0. The van der Waals surface area contributed by atoms with E-state index in [4.69, 9.17) is 5.73 Å². The van der Waals surface area contributed by atoms with Crippen LogP contribution in [0.1, 0.15) is 18.4 Å². The van der Waals surface area contributed by atoms with Gasteiger partial charge in [0.15, 0.2) is 0 Å².